The molecule has 72 valence electrons. The first kappa shape index (κ1) is 9.86. The molecule has 0 spiro atoms. The molecule has 0 amide bonds. The molecule has 1 aliphatic rings. The summed E-state index contributed by atoms with van der Waals surface area (Å²) in [5.41, 5.74) is 0. The molecule has 0 unspecified atom stereocenters. The minimum absolute atomic E-state index is 0.151. The van der Waals surface area contributed by atoms with Gasteiger partial charge in [-0.1, -0.05) is 0 Å². The third kappa shape index (κ3) is 1.93. The predicted molar refractivity (Wildman–Crippen MR) is 44.8 cm³/mol. The van der Waals surface area contributed by atoms with Crippen LogP contribution in [0.3, 0.4) is 0 Å². The highest BCUT2D eigenvalue weighted by Gasteiger charge is 2.30. The van der Waals surface area contributed by atoms with Gasteiger partial charge in [-0.05, 0) is 14.0 Å². The zero-order chi connectivity index (χ0) is 9.14. The number of rotatable bonds is 2. The van der Waals surface area contributed by atoms with Gasteiger partial charge >= 0.3 is 0 Å². The van der Waals surface area contributed by atoms with Crippen molar-refractivity contribution in [3.8, 4) is 0 Å². The van der Waals surface area contributed by atoms with E-state index >= 15 is 0 Å². The van der Waals surface area contributed by atoms with Crippen molar-refractivity contribution >= 4 is 0 Å². The van der Waals surface area contributed by atoms with Gasteiger partial charge in [-0.15, -0.1) is 0 Å². The predicted octanol–water partition coefficient (Wildman–Crippen LogP) is 0.586. The van der Waals surface area contributed by atoms with Gasteiger partial charge < -0.3 is 10.2 Å². The standard InChI is InChI=1S/C8H16F2N2/c1-6-8(4-10)11-7(3-9)5-12(6)2/h6-8,11H,3-5H2,1-2H3/t6-,7+,8-/m1/s1. The average Bonchev–Trinajstić information content (AvgIpc) is 2.09. The average molecular weight is 178 g/mol. The molecule has 3 atom stereocenters. The summed E-state index contributed by atoms with van der Waals surface area (Å²) in [6.07, 6.45) is 0. The molecule has 0 bridgehead atoms. The quantitative estimate of drug-likeness (QED) is 0.665. The Morgan fingerprint density at radius 3 is 2.58 bits per heavy atom. The maximum atomic E-state index is 12.4. The Morgan fingerprint density at radius 2 is 2.08 bits per heavy atom. The second kappa shape index (κ2) is 4.14. The van der Waals surface area contributed by atoms with Crippen molar-refractivity contribution < 1.29 is 8.78 Å². The topological polar surface area (TPSA) is 15.3 Å². The molecular weight excluding hydrogens is 162 g/mol. The zero-order valence-corrected chi connectivity index (χ0v) is 7.56. The number of piperazine rings is 1. The third-order valence-electron chi connectivity index (χ3n) is 2.59. The van der Waals surface area contributed by atoms with Crippen molar-refractivity contribution in [3.05, 3.63) is 0 Å². The van der Waals surface area contributed by atoms with Crippen LogP contribution in [0.1, 0.15) is 6.92 Å². The largest absolute Gasteiger partial charge is 0.304 e. The lowest BCUT2D eigenvalue weighted by atomic mass is 10.0. The van der Waals surface area contributed by atoms with E-state index in [1.165, 1.54) is 0 Å². The maximum Gasteiger partial charge on any atom is 0.106 e. The molecule has 4 heteroatoms. The first-order chi connectivity index (χ1) is 5.69. The third-order valence-corrected chi connectivity index (χ3v) is 2.59. The van der Waals surface area contributed by atoms with Crippen LogP contribution in [0.5, 0.6) is 0 Å². The van der Waals surface area contributed by atoms with Crippen molar-refractivity contribution in [2.24, 2.45) is 0 Å². The van der Waals surface area contributed by atoms with Gasteiger partial charge in [-0.2, -0.15) is 0 Å². The van der Waals surface area contributed by atoms with Crippen LogP contribution < -0.4 is 5.32 Å². The number of nitrogens with one attached hydrogen (secondary N) is 1. The van der Waals surface area contributed by atoms with Gasteiger partial charge in [0.2, 0.25) is 0 Å². The van der Waals surface area contributed by atoms with Gasteiger partial charge in [0.1, 0.15) is 13.3 Å². The van der Waals surface area contributed by atoms with E-state index in [-0.39, 0.29) is 18.1 Å². The number of hydrogen-bond acceptors (Lipinski definition) is 2. The van der Waals surface area contributed by atoms with Crippen LogP contribution >= 0.6 is 0 Å². The SMILES string of the molecule is C[C@@H]1[C@@H](CF)N[C@@H](CF)CN1C. The number of alkyl halides is 2. The van der Waals surface area contributed by atoms with E-state index in [9.17, 15) is 8.78 Å². The van der Waals surface area contributed by atoms with E-state index in [4.69, 9.17) is 0 Å². The molecule has 12 heavy (non-hydrogen) atoms. The summed E-state index contributed by atoms with van der Waals surface area (Å²) in [6, 6.07) is -0.269. The molecule has 1 N–H and O–H groups in total. The molecule has 1 aliphatic heterocycles. The Hall–Kier alpha value is -0.220. The molecule has 2 nitrogen and oxygen atoms in total. The van der Waals surface area contributed by atoms with Crippen molar-refractivity contribution in [2.45, 2.75) is 25.0 Å². The van der Waals surface area contributed by atoms with E-state index in [0.717, 1.165) is 0 Å². The Labute approximate surface area is 71.9 Å². The molecule has 0 saturated carbocycles. The van der Waals surface area contributed by atoms with Gasteiger partial charge in [0.05, 0.1) is 6.04 Å². The fourth-order valence-electron chi connectivity index (χ4n) is 1.58. The van der Waals surface area contributed by atoms with E-state index < -0.39 is 13.3 Å². The first-order valence-electron chi connectivity index (χ1n) is 4.27. The normalized spacial score (nSPS) is 38.5. The van der Waals surface area contributed by atoms with Crippen LogP contribution in [0.25, 0.3) is 0 Å². The summed E-state index contributed by atoms with van der Waals surface area (Å²) in [4.78, 5) is 1.99. The summed E-state index contributed by atoms with van der Waals surface area (Å²) in [6.45, 7) is 1.76. The van der Waals surface area contributed by atoms with Crippen molar-refractivity contribution in [2.75, 3.05) is 26.9 Å². The van der Waals surface area contributed by atoms with Crippen molar-refractivity contribution in [1.82, 2.24) is 10.2 Å². The van der Waals surface area contributed by atoms with Crippen LogP contribution in [-0.4, -0.2) is 50.0 Å². The van der Waals surface area contributed by atoms with E-state index in [1.54, 1.807) is 0 Å². The van der Waals surface area contributed by atoms with Crippen LogP contribution in [0.2, 0.25) is 0 Å². The molecule has 1 saturated heterocycles. The highest BCUT2D eigenvalue weighted by atomic mass is 19.1. The summed E-state index contributed by atoms with van der Waals surface area (Å²) < 4.78 is 24.7. The summed E-state index contributed by atoms with van der Waals surface area (Å²) >= 11 is 0. The molecule has 0 aromatic rings. The summed E-state index contributed by atoms with van der Waals surface area (Å²) in [5, 5.41) is 2.94. The Kier molecular flexibility index (Phi) is 3.40. The van der Waals surface area contributed by atoms with Gasteiger partial charge in [-0.3, -0.25) is 0 Å². The highest BCUT2D eigenvalue weighted by Crippen LogP contribution is 2.11. The fourth-order valence-corrected chi connectivity index (χ4v) is 1.58. The van der Waals surface area contributed by atoms with Gasteiger partial charge in [0, 0.05) is 18.6 Å². The minimum Gasteiger partial charge on any atom is -0.304 e. The molecule has 0 aromatic heterocycles. The molecule has 1 heterocycles. The molecule has 0 aromatic carbocycles. The summed E-state index contributed by atoms with van der Waals surface area (Å²) in [7, 11) is 1.90. The Bertz CT molecular complexity index is 143. The van der Waals surface area contributed by atoms with Crippen molar-refractivity contribution in [3.63, 3.8) is 0 Å². The van der Waals surface area contributed by atoms with E-state index in [2.05, 4.69) is 5.32 Å². The molecule has 0 radical (unpaired) electrons. The lowest BCUT2D eigenvalue weighted by Crippen LogP contribution is -2.61. The Morgan fingerprint density at radius 1 is 1.42 bits per heavy atom. The van der Waals surface area contributed by atoms with Crippen molar-refractivity contribution in [1.29, 1.82) is 0 Å². The lowest BCUT2D eigenvalue weighted by Gasteiger charge is -2.40. The van der Waals surface area contributed by atoms with E-state index in [0.29, 0.717) is 6.54 Å². The first-order valence-corrected chi connectivity index (χ1v) is 4.27. The second-order valence-electron chi connectivity index (χ2n) is 3.46. The monoisotopic (exact) mass is 178 g/mol. The lowest BCUT2D eigenvalue weighted by molar-refractivity contribution is 0.102. The molecule has 1 fully saturated rings. The number of nitrogens with zero attached hydrogens (tertiary/aromatic N) is 1. The van der Waals surface area contributed by atoms with E-state index in [1.807, 2.05) is 18.9 Å². The van der Waals surface area contributed by atoms with Crippen LogP contribution in [-0.2, 0) is 0 Å². The number of hydrogen-bond donors (Lipinski definition) is 1. The number of halogens is 2. The second-order valence-corrected chi connectivity index (χ2v) is 3.46. The van der Waals surface area contributed by atoms with Crippen LogP contribution in [0.4, 0.5) is 8.78 Å². The number of likely N-dealkylation sites (N-methyl/N-ethyl adjacent to an activating group) is 1. The summed E-state index contributed by atoms with van der Waals surface area (Å²) in [5.74, 6) is 0. The van der Waals surface area contributed by atoms with Crippen LogP contribution in [0.15, 0.2) is 0 Å². The Balaban J connectivity index is 2.52. The van der Waals surface area contributed by atoms with Gasteiger partial charge in [-0.25, -0.2) is 8.78 Å². The van der Waals surface area contributed by atoms with Gasteiger partial charge in [0.15, 0.2) is 0 Å². The molecule has 1 rings (SSSR count). The van der Waals surface area contributed by atoms with Gasteiger partial charge in [0.25, 0.3) is 0 Å². The fraction of sp³-hybridized carbons (Fsp3) is 1.00. The minimum atomic E-state index is -0.429. The maximum absolute atomic E-state index is 12.4. The molecular formula is C8H16F2N2. The molecule has 0 aliphatic carbocycles. The highest BCUT2D eigenvalue weighted by molar-refractivity contribution is 4.89. The zero-order valence-electron chi connectivity index (χ0n) is 7.56. The van der Waals surface area contributed by atoms with Crippen LogP contribution in [0, 0.1) is 0 Å². The smallest absolute Gasteiger partial charge is 0.106 e.